The number of rotatable bonds is 2. The molecule has 0 spiro atoms. The van der Waals surface area contributed by atoms with Crippen LogP contribution in [0.2, 0.25) is 0 Å². The second-order valence-electron chi connectivity index (χ2n) is 2.26. The first kappa shape index (κ1) is 17.7. The van der Waals surface area contributed by atoms with Gasteiger partial charge in [0.05, 0.1) is 0 Å². The van der Waals surface area contributed by atoms with Gasteiger partial charge in [0.15, 0.2) is 0 Å². The number of benzene rings is 1. The Bertz CT molecular complexity index is 294. The quantitative estimate of drug-likeness (QED) is 0.556. The second-order valence-corrected chi connectivity index (χ2v) is 4.07. The molecule has 8 heteroatoms. The molecule has 0 aliphatic heterocycles. The molecular formula is C7H10MgO5P2. The van der Waals surface area contributed by atoms with E-state index in [0.29, 0.717) is 0 Å². The van der Waals surface area contributed by atoms with E-state index in [4.69, 9.17) is 0 Å². The van der Waals surface area contributed by atoms with Crippen LogP contribution in [0.3, 0.4) is 0 Å². The van der Waals surface area contributed by atoms with Crippen LogP contribution in [0.5, 0.6) is 0 Å². The van der Waals surface area contributed by atoms with E-state index in [1.807, 2.05) is 18.2 Å². The van der Waals surface area contributed by atoms with Crippen molar-refractivity contribution in [2.24, 2.45) is 0 Å². The maximum absolute atomic E-state index is 9.29. The van der Waals surface area contributed by atoms with Crippen molar-refractivity contribution in [1.29, 1.82) is 0 Å². The third-order valence-electron chi connectivity index (χ3n) is 1.11. The minimum absolute atomic E-state index is 0. The van der Waals surface area contributed by atoms with Crippen molar-refractivity contribution >= 4 is 39.6 Å². The fraction of sp³-hybridized carbons (Fsp3) is 0.143. The zero-order valence-corrected chi connectivity index (χ0v) is 11.5. The van der Waals surface area contributed by atoms with Gasteiger partial charge in [-0.15, -0.1) is 0 Å². The van der Waals surface area contributed by atoms with Crippen LogP contribution >= 0.6 is 16.5 Å². The average Bonchev–Trinajstić information content (AvgIpc) is 2.03. The SMILES string of the molecule is Cc1ccccc1.O=[PH]([O-])O[PH](=O)[O-].[Mg+2]. The minimum Gasteiger partial charge on any atom is -0.781 e. The number of hydrogen-bond acceptors (Lipinski definition) is 5. The summed E-state index contributed by atoms with van der Waals surface area (Å²) in [5, 5.41) is 0. The van der Waals surface area contributed by atoms with Gasteiger partial charge in [0, 0.05) is 0 Å². The fourth-order valence-electron chi connectivity index (χ4n) is 0.602. The van der Waals surface area contributed by atoms with E-state index in [2.05, 4.69) is 23.4 Å². The first-order valence-electron chi connectivity index (χ1n) is 3.64. The largest absolute Gasteiger partial charge is 2.00 e. The number of hydrogen-bond donors (Lipinski definition) is 0. The molecule has 0 aliphatic carbocycles. The normalized spacial score (nSPS) is 12.7. The van der Waals surface area contributed by atoms with E-state index in [-0.39, 0.29) is 23.1 Å². The van der Waals surface area contributed by atoms with Crippen molar-refractivity contribution in [3.05, 3.63) is 35.9 Å². The van der Waals surface area contributed by atoms with Gasteiger partial charge in [-0.1, -0.05) is 35.9 Å². The van der Waals surface area contributed by atoms with Gasteiger partial charge in [-0.05, 0) is 6.92 Å². The summed E-state index contributed by atoms with van der Waals surface area (Å²) in [4.78, 5) is 18.6. The van der Waals surface area contributed by atoms with Gasteiger partial charge in [0.25, 0.3) is 0 Å². The third-order valence-corrected chi connectivity index (χ3v) is 2.44. The van der Waals surface area contributed by atoms with Gasteiger partial charge in [-0.2, -0.15) is 0 Å². The predicted octanol–water partition coefficient (Wildman–Crippen LogP) is 0.117. The molecule has 5 nitrogen and oxygen atoms in total. The Morgan fingerprint density at radius 3 is 1.60 bits per heavy atom. The Kier molecular flexibility index (Phi) is 12.8. The van der Waals surface area contributed by atoms with Gasteiger partial charge in [0.2, 0.25) is 0 Å². The first-order valence-corrected chi connectivity index (χ1v) is 6.08. The molecule has 1 aromatic carbocycles. The molecule has 0 amide bonds. The van der Waals surface area contributed by atoms with Crippen molar-refractivity contribution in [3.8, 4) is 0 Å². The fourth-order valence-corrected chi connectivity index (χ4v) is 1.15. The third kappa shape index (κ3) is 14.3. The van der Waals surface area contributed by atoms with E-state index >= 15 is 0 Å². The first-order chi connectivity index (χ1) is 6.52. The molecule has 2 atom stereocenters. The minimum atomic E-state index is -3.51. The van der Waals surface area contributed by atoms with Crippen LogP contribution < -0.4 is 9.79 Å². The molecule has 15 heavy (non-hydrogen) atoms. The van der Waals surface area contributed by atoms with Gasteiger partial charge in [-0.3, -0.25) is 4.31 Å². The van der Waals surface area contributed by atoms with Gasteiger partial charge in [0.1, 0.15) is 16.5 Å². The molecular weight excluding hydrogens is 250 g/mol. The second kappa shape index (κ2) is 10.8. The molecule has 0 aliphatic rings. The van der Waals surface area contributed by atoms with Crippen molar-refractivity contribution < 1.29 is 23.2 Å². The number of aryl methyl sites for hydroxylation is 1. The van der Waals surface area contributed by atoms with Crippen LogP contribution in [0.1, 0.15) is 5.56 Å². The molecule has 0 N–H and O–H groups in total. The summed E-state index contributed by atoms with van der Waals surface area (Å²) in [6, 6.07) is 10.3. The van der Waals surface area contributed by atoms with E-state index in [1.54, 1.807) is 0 Å². The van der Waals surface area contributed by atoms with Crippen molar-refractivity contribution in [2.45, 2.75) is 6.92 Å². The summed E-state index contributed by atoms with van der Waals surface area (Å²) >= 11 is 0. The summed E-state index contributed by atoms with van der Waals surface area (Å²) in [7, 11) is -7.03. The van der Waals surface area contributed by atoms with E-state index in [0.717, 1.165) is 0 Å². The molecule has 1 aromatic rings. The van der Waals surface area contributed by atoms with E-state index in [1.165, 1.54) is 5.56 Å². The monoisotopic (exact) mass is 260 g/mol. The van der Waals surface area contributed by atoms with Crippen LogP contribution in [-0.4, -0.2) is 23.1 Å². The molecule has 0 aromatic heterocycles. The maximum Gasteiger partial charge on any atom is 2.00 e. The van der Waals surface area contributed by atoms with E-state index in [9.17, 15) is 18.9 Å². The maximum atomic E-state index is 9.29. The van der Waals surface area contributed by atoms with Crippen molar-refractivity contribution in [3.63, 3.8) is 0 Å². The molecule has 1 rings (SSSR count). The summed E-state index contributed by atoms with van der Waals surface area (Å²) in [5.41, 5.74) is 1.32. The predicted molar refractivity (Wildman–Crippen MR) is 56.0 cm³/mol. The zero-order valence-electron chi connectivity index (χ0n) is 8.14. The molecule has 0 saturated heterocycles. The van der Waals surface area contributed by atoms with Crippen molar-refractivity contribution in [2.75, 3.05) is 0 Å². The Labute approximate surface area is 106 Å². The van der Waals surface area contributed by atoms with Crippen LogP contribution in [0.4, 0.5) is 0 Å². The smallest absolute Gasteiger partial charge is 0.781 e. The summed E-state index contributed by atoms with van der Waals surface area (Å²) in [5.74, 6) is 0. The Balaban J connectivity index is 0. The Morgan fingerprint density at radius 1 is 1.07 bits per heavy atom. The molecule has 0 saturated carbocycles. The van der Waals surface area contributed by atoms with E-state index < -0.39 is 16.5 Å². The summed E-state index contributed by atoms with van der Waals surface area (Å²) in [6.45, 7) is 2.08. The topological polar surface area (TPSA) is 89.5 Å². The molecule has 80 valence electrons. The molecule has 2 unspecified atom stereocenters. The molecule has 0 heterocycles. The van der Waals surface area contributed by atoms with Crippen LogP contribution in [0, 0.1) is 6.92 Å². The summed E-state index contributed by atoms with van der Waals surface area (Å²) < 4.78 is 21.8. The van der Waals surface area contributed by atoms with Gasteiger partial charge in [-0.25, -0.2) is 0 Å². The van der Waals surface area contributed by atoms with Gasteiger partial charge >= 0.3 is 23.1 Å². The van der Waals surface area contributed by atoms with Gasteiger partial charge < -0.3 is 18.9 Å². The molecule has 0 fully saturated rings. The summed E-state index contributed by atoms with van der Waals surface area (Å²) in [6.07, 6.45) is 0. The van der Waals surface area contributed by atoms with Crippen LogP contribution in [0.25, 0.3) is 0 Å². The van der Waals surface area contributed by atoms with Crippen LogP contribution in [0.15, 0.2) is 30.3 Å². The van der Waals surface area contributed by atoms with Crippen LogP contribution in [-0.2, 0) is 13.4 Å². The zero-order chi connectivity index (χ0) is 11.0. The Hall–Kier alpha value is 0.326. The molecule has 0 radical (unpaired) electrons. The standard InChI is InChI=1S/C7H8.Mg.H4O5P2/c1-7-5-3-2-4-6-7;;1-6(2)5-7(3)4/h2-6H,1H3;;6-7H,(H,1,2)(H,3,4)/q;+2;/p-2. The van der Waals surface area contributed by atoms with Crippen molar-refractivity contribution in [1.82, 2.24) is 0 Å². The Morgan fingerprint density at radius 2 is 1.47 bits per heavy atom. The average molecular weight is 260 g/mol. The molecule has 0 bridgehead atoms.